The Kier molecular flexibility index (Phi) is 6.56. The summed E-state index contributed by atoms with van der Waals surface area (Å²) < 4.78 is 0. The molecule has 7 heteroatoms. The van der Waals surface area contributed by atoms with Gasteiger partial charge in [-0.25, -0.2) is 4.98 Å². The lowest BCUT2D eigenvalue weighted by atomic mass is 10.1. The number of benzene rings is 1. The molecule has 2 aliphatic rings. The Bertz CT molecular complexity index is 832. The zero-order chi connectivity index (χ0) is 20.1. The molecule has 1 N–H and O–H groups in total. The molecular weight excluding hydrogens is 384 g/mol. The van der Waals surface area contributed by atoms with E-state index in [0.717, 1.165) is 31.7 Å². The van der Waals surface area contributed by atoms with Crippen molar-refractivity contribution in [3.8, 4) is 0 Å². The molecule has 0 radical (unpaired) electrons. The number of nitrogens with one attached hydrogen (secondary N) is 1. The maximum absolute atomic E-state index is 12.6. The molecule has 0 bridgehead atoms. The van der Waals surface area contributed by atoms with Crippen LogP contribution in [0.5, 0.6) is 0 Å². The molecule has 2 saturated heterocycles. The van der Waals surface area contributed by atoms with Crippen molar-refractivity contribution in [2.45, 2.75) is 38.6 Å². The monoisotopic (exact) mass is 412 g/mol. The van der Waals surface area contributed by atoms with Crippen LogP contribution in [-0.4, -0.2) is 52.8 Å². The number of rotatable bonds is 7. The van der Waals surface area contributed by atoms with Crippen molar-refractivity contribution in [3.05, 3.63) is 47.0 Å². The van der Waals surface area contributed by atoms with E-state index in [1.165, 1.54) is 36.2 Å². The summed E-state index contributed by atoms with van der Waals surface area (Å²) in [5, 5.41) is 5.59. The highest BCUT2D eigenvalue weighted by Crippen LogP contribution is 2.23. The van der Waals surface area contributed by atoms with Crippen molar-refractivity contribution in [2.24, 2.45) is 5.92 Å². The average molecular weight is 413 g/mol. The lowest BCUT2D eigenvalue weighted by molar-refractivity contribution is -0.128. The topological polar surface area (TPSA) is 65.5 Å². The molecule has 3 heterocycles. The number of carbonyl (C=O) groups is 2. The van der Waals surface area contributed by atoms with Crippen molar-refractivity contribution < 1.29 is 9.59 Å². The maximum Gasteiger partial charge on any atom is 0.231 e. The fourth-order valence-corrected chi connectivity index (χ4v) is 4.77. The smallest absolute Gasteiger partial charge is 0.231 e. The maximum atomic E-state index is 12.6. The van der Waals surface area contributed by atoms with E-state index in [2.05, 4.69) is 27.3 Å². The van der Waals surface area contributed by atoms with Crippen LogP contribution in [0.15, 0.2) is 35.7 Å². The van der Waals surface area contributed by atoms with Gasteiger partial charge in [-0.15, -0.1) is 11.3 Å². The summed E-state index contributed by atoms with van der Waals surface area (Å²) >= 11 is 1.47. The third-order valence-corrected chi connectivity index (χ3v) is 6.52. The van der Waals surface area contributed by atoms with Gasteiger partial charge in [-0.05, 0) is 37.9 Å². The number of nitrogens with zero attached hydrogens (tertiary/aromatic N) is 3. The Morgan fingerprint density at radius 1 is 1.17 bits per heavy atom. The van der Waals surface area contributed by atoms with E-state index in [1.807, 2.05) is 23.6 Å². The van der Waals surface area contributed by atoms with E-state index in [0.29, 0.717) is 18.2 Å². The molecular formula is C22H28N4O2S. The van der Waals surface area contributed by atoms with Gasteiger partial charge in [0.05, 0.1) is 11.6 Å². The van der Waals surface area contributed by atoms with Crippen LogP contribution in [-0.2, 0) is 22.6 Å². The van der Waals surface area contributed by atoms with Crippen molar-refractivity contribution in [2.75, 3.05) is 31.5 Å². The highest BCUT2D eigenvalue weighted by Gasteiger charge is 2.34. The van der Waals surface area contributed by atoms with Gasteiger partial charge in [0.2, 0.25) is 11.8 Å². The van der Waals surface area contributed by atoms with Crippen LogP contribution in [0.2, 0.25) is 0 Å². The number of hydrogen-bond acceptors (Lipinski definition) is 5. The van der Waals surface area contributed by atoms with Crippen LogP contribution in [0.25, 0.3) is 0 Å². The third kappa shape index (κ3) is 5.42. The highest BCUT2D eigenvalue weighted by molar-refractivity contribution is 7.13. The summed E-state index contributed by atoms with van der Waals surface area (Å²) in [6, 6.07) is 10.1. The SMILES string of the molecule is O=C(Nc1nc(CN2CCCCC2)cs1)C1CC(=O)N(CCc2ccccc2)C1. The van der Waals surface area contributed by atoms with Gasteiger partial charge in [-0.2, -0.15) is 0 Å². The Morgan fingerprint density at radius 2 is 1.97 bits per heavy atom. The van der Waals surface area contributed by atoms with Gasteiger partial charge in [0.15, 0.2) is 5.13 Å². The normalized spacial score (nSPS) is 20.2. The van der Waals surface area contributed by atoms with Gasteiger partial charge in [-0.1, -0.05) is 36.8 Å². The number of amides is 2. The third-order valence-electron chi connectivity index (χ3n) is 5.71. The number of aromatic nitrogens is 1. The average Bonchev–Trinajstić information content (AvgIpc) is 3.34. The van der Waals surface area contributed by atoms with Crippen LogP contribution >= 0.6 is 11.3 Å². The number of anilines is 1. The van der Waals surface area contributed by atoms with Gasteiger partial charge >= 0.3 is 0 Å². The molecule has 2 aliphatic heterocycles. The molecule has 0 spiro atoms. The van der Waals surface area contributed by atoms with Crippen LogP contribution in [0.1, 0.15) is 36.9 Å². The van der Waals surface area contributed by atoms with E-state index < -0.39 is 0 Å². The van der Waals surface area contributed by atoms with E-state index in [4.69, 9.17) is 0 Å². The van der Waals surface area contributed by atoms with Gasteiger partial charge < -0.3 is 10.2 Å². The number of piperidine rings is 1. The molecule has 1 atom stereocenters. The lowest BCUT2D eigenvalue weighted by Gasteiger charge is -2.25. The van der Waals surface area contributed by atoms with Crippen molar-refractivity contribution >= 4 is 28.3 Å². The second-order valence-corrected chi connectivity index (χ2v) is 8.80. The van der Waals surface area contributed by atoms with Crippen molar-refractivity contribution in [1.82, 2.24) is 14.8 Å². The highest BCUT2D eigenvalue weighted by atomic mass is 32.1. The predicted molar refractivity (Wildman–Crippen MR) is 115 cm³/mol. The summed E-state index contributed by atoms with van der Waals surface area (Å²) in [7, 11) is 0. The van der Waals surface area contributed by atoms with Gasteiger partial charge in [-0.3, -0.25) is 14.5 Å². The predicted octanol–water partition coefficient (Wildman–Crippen LogP) is 3.16. The first-order valence-electron chi connectivity index (χ1n) is 10.5. The van der Waals surface area contributed by atoms with Crippen LogP contribution in [0.3, 0.4) is 0 Å². The molecule has 29 heavy (non-hydrogen) atoms. The first-order chi connectivity index (χ1) is 14.2. The fourth-order valence-electron chi connectivity index (χ4n) is 4.06. The minimum atomic E-state index is -0.298. The molecule has 0 saturated carbocycles. The van der Waals surface area contributed by atoms with E-state index >= 15 is 0 Å². The first kappa shape index (κ1) is 20.0. The van der Waals surface area contributed by atoms with Gasteiger partial charge in [0, 0.05) is 31.4 Å². The molecule has 4 rings (SSSR count). The summed E-state index contributed by atoms with van der Waals surface area (Å²) in [6.07, 6.45) is 4.92. The number of thiazole rings is 1. The molecule has 154 valence electrons. The van der Waals surface area contributed by atoms with Gasteiger partial charge in [0.25, 0.3) is 0 Å². The molecule has 1 aromatic carbocycles. The van der Waals surface area contributed by atoms with Crippen molar-refractivity contribution in [1.29, 1.82) is 0 Å². The Balaban J connectivity index is 1.26. The standard InChI is InChI=1S/C22H28N4O2S/c27-20-13-18(14-26(20)12-9-17-7-3-1-4-8-17)21(28)24-22-23-19(16-29-22)15-25-10-5-2-6-11-25/h1,3-4,7-8,16,18H,2,5-6,9-15H2,(H,23,24,28). The molecule has 6 nitrogen and oxygen atoms in total. The van der Waals surface area contributed by atoms with Crippen LogP contribution in [0, 0.1) is 5.92 Å². The second kappa shape index (κ2) is 9.50. The minimum absolute atomic E-state index is 0.0611. The summed E-state index contributed by atoms with van der Waals surface area (Å²) in [5.74, 6) is -0.335. The van der Waals surface area contributed by atoms with Crippen LogP contribution < -0.4 is 5.32 Å². The molecule has 2 aromatic rings. The Morgan fingerprint density at radius 3 is 2.76 bits per heavy atom. The molecule has 1 unspecified atom stereocenters. The van der Waals surface area contributed by atoms with Crippen molar-refractivity contribution in [3.63, 3.8) is 0 Å². The fraction of sp³-hybridized carbons (Fsp3) is 0.500. The Labute approximate surface area is 175 Å². The molecule has 1 aromatic heterocycles. The molecule has 0 aliphatic carbocycles. The van der Waals surface area contributed by atoms with Gasteiger partial charge in [0.1, 0.15) is 0 Å². The first-order valence-corrected chi connectivity index (χ1v) is 11.3. The van der Waals surface area contributed by atoms with E-state index in [9.17, 15) is 9.59 Å². The largest absolute Gasteiger partial charge is 0.342 e. The van der Waals surface area contributed by atoms with Crippen LogP contribution in [0.4, 0.5) is 5.13 Å². The number of likely N-dealkylation sites (tertiary alicyclic amines) is 2. The Hall–Kier alpha value is -2.25. The zero-order valence-electron chi connectivity index (χ0n) is 16.7. The number of carbonyl (C=O) groups excluding carboxylic acids is 2. The quantitative estimate of drug-likeness (QED) is 0.759. The van der Waals surface area contributed by atoms with E-state index in [1.54, 1.807) is 4.90 Å². The minimum Gasteiger partial charge on any atom is -0.342 e. The summed E-state index contributed by atoms with van der Waals surface area (Å²) in [5.41, 5.74) is 2.22. The lowest BCUT2D eigenvalue weighted by Crippen LogP contribution is -2.30. The molecule has 2 amide bonds. The van der Waals surface area contributed by atoms with E-state index in [-0.39, 0.29) is 24.2 Å². The molecule has 2 fully saturated rings. The summed E-state index contributed by atoms with van der Waals surface area (Å²) in [4.78, 5) is 33.8. The summed E-state index contributed by atoms with van der Waals surface area (Å²) in [6.45, 7) is 4.25. The number of hydrogen-bond donors (Lipinski definition) is 1. The zero-order valence-corrected chi connectivity index (χ0v) is 17.5. The second-order valence-electron chi connectivity index (χ2n) is 7.95.